The van der Waals surface area contributed by atoms with Crippen molar-refractivity contribution in [2.24, 2.45) is 0 Å². The summed E-state index contributed by atoms with van der Waals surface area (Å²) in [5.41, 5.74) is 0.915. The van der Waals surface area contributed by atoms with E-state index in [0.29, 0.717) is 35.2 Å². The first-order valence-electron chi connectivity index (χ1n) is 7.84. The Balaban J connectivity index is 0.00000232. The molecule has 0 heterocycles. The Morgan fingerprint density at radius 2 is 1.78 bits per heavy atom. The van der Waals surface area contributed by atoms with E-state index < -0.39 is 9.84 Å². The molecule has 0 spiro atoms. The predicted molar refractivity (Wildman–Crippen MR) is 102 cm³/mol. The minimum absolute atomic E-state index is 0.314. The van der Waals surface area contributed by atoms with Gasteiger partial charge < -0.3 is 4.74 Å². The van der Waals surface area contributed by atoms with E-state index in [1.807, 2.05) is 33.8 Å². The van der Waals surface area contributed by atoms with Crippen LogP contribution in [0.4, 0.5) is 0 Å². The van der Waals surface area contributed by atoms with Crippen LogP contribution in [0, 0.1) is 0 Å². The van der Waals surface area contributed by atoms with Crippen molar-refractivity contribution in [3.8, 4) is 0 Å². The van der Waals surface area contributed by atoms with E-state index in [0.717, 1.165) is 5.57 Å². The number of benzene rings is 1. The van der Waals surface area contributed by atoms with Crippen LogP contribution >= 0.6 is 12.6 Å². The molecule has 130 valence electrons. The molecular formula is C18H28O3S2. The molecule has 1 aromatic carbocycles. The van der Waals surface area contributed by atoms with Gasteiger partial charge in [-0.25, -0.2) is 8.42 Å². The average Bonchev–Trinajstić information content (AvgIpc) is 2.59. The molecule has 0 saturated carbocycles. The highest BCUT2D eigenvalue weighted by Crippen LogP contribution is 2.23. The zero-order chi connectivity index (χ0) is 17.7. The molecule has 0 aromatic heterocycles. The maximum absolute atomic E-state index is 12.7. The van der Waals surface area contributed by atoms with Gasteiger partial charge in [-0.3, -0.25) is 0 Å². The van der Waals surface area contributed by atoms with E-state index in [1.54, 1.807) is 36.4 Å². The fraction of sp³-hybridized carbons (Fsp3) is 0.444. The van der Waals surface area contributed by atoms with Crippen LogP contribution in [-0.4, -0.2) is 27.4 Å². The van der Waals surface area contributed by atoms with Crippen molar-refractivity contribution >= 4 is 22.5 Å². The third-order valence-electron chi connectivity index (χ3n) is 2.97. The van der Waals surface area contributed by atoms with E-state index in [9.17, 15) is 8.42 Å². The molecule has 3 nitrogen and oxygen atoms in total. The van der Waals surface area contributed by atoms with Gasteiger partial charge in [0, 0.05) is 12.2 Å². The Hall–Kier alpha value is -1.04. The van der Waals surface area contributed by atoms with Crippen LogP contribution in [-0.2, 0) is 14.6 Å². The molecule has 0 bridgehead atoms. The van der Waals surface area contributed by atoms with Gasteiger partial charge in [0.05, 0.1) is 23.0 Å². The predicted octanol–water partition coefficient (Wildman–Crippen LogP) is 4.67. The minimum Gasteiger partial charge on any atom is -0.380 e. The summed E-state index contributed by atoms with van der Waals surface area (Å²) in [7, 11) is -3.47. The topological polar surface area (TPSA) is 43.4 Å². The molecule has 0 N–H and O–H groups in total. The maximum atomic E-state index is 12.7. The number of hydrogen-bond donors (Lipinski definition) is 1. The number of ether oxygens (including phenoxy) is 1. The summed E-state index contributed by atoms with van der Waals surface area (Å²) in [6.07, 6.45) is 3.96. The van der Waals surface area contributed by atoms with Gasteiger partial charge in [-0.1, -0.05) is 43.7 Å². The molecule has 5 heteroatoms. The van der Waals surface area contributed by atoms with Gasteiger partial charge in [-0.2, -0.15) is 12.6 Å². The summed E-state index contributed by atoms with van der Waals surface area (Å²) in [5.74, 6) is 0.623. The molecule has 0 fully saturated rings. The van der Waals surface area contributed by atoms with Gasteiger partial charge in [-0.15, -0.1) is 0 Å². The standard InChI is InChI=1S/C16H22O3S2.C2H6/c1-3-14(2)13-16(9-10-19-11-12-20)21(17,18)15-7-5-4-6-8-15;1-2/h3-8,13,20H,9-12H2,1-2H3;1-2H3/b14-3-,16-13+;. The monoisotopic (exact) mass is 356 g/mol. The number of thiol groups is 1. The zero-order valence-corrected chi connectivity index (χ0v) is 16.2. The third-order valence-corrected chi connectivity index (χ3v) is 5.06. The Labute approximate surface area is 146 Å². The second-order valence-corrected chi connectivity index (χ2v) is 7.00. The van der Waals surface area contributed by atoms with Crippen molar-refractivity contribution in [3.05, 3.63) is 53.0 Å². The van der Waals surface area contributed by atoms with E-state index in [1.165, 1.54) is 0 Å². The largest absolute Gasteiger partial charge is 0.380 e. The minimum atomic E-state index is -3.47. The van der Waals surface area contributed by atoms with Crippen molar-refractivity contribution in [2.75, 3.05) is 19.0 Å². The van der Waals surface area contributed by atoms with E-state index in [-0.39, 0.29) is 0 Å². The average molecular weight is 357 g/mol. The fourth-order valence-electron chi connectivity index (χ4n) is 1.71. The summed E-state index contributed by atoms with van der Waals surface area (Å²) in [6, 6.07) is 8.48. The molecular weight excluding hydrogens is 328 g/mol. The van der Waals surface area contributed by atoms with Crippen LogP contribution in [0.5, 0.6) is 0 Å². The molecule has 1 aromatic rings. The number of allylic oxidation sites excluding steroid dienone is 3. The third kappa shape index (κ3) is 7.86. The van der Waals surface area contributed by atoms with E-state index >= 15 is 0 Å². The molecule has 0 aliphatic heterocycles. The van der Waals surface area contributed by atoms with Crippen LogP contribution < -0.4 is 0 Å². The van der Waals surface area contributed by atoms with Crippen molar-refractivity contribution in [1.82, 2.24) is 0 Å². The summed E-state index contributed by atoms with van der Waals surface area (Å²) in [5, 5.41) is 0. The van der Waals surface area contributed by atoms with E-state index in [4.69, 9.17) is 4.74 Å². The molecule has 0 radical (unpaired) electrons. The quantitative estimate of drug-likeness (QED) is 0.418. The highest BCUT2D eigenvalue weighted by Gasteiger charge is 2.20. The molecule has 0 aliphatic rings. The Bertz CT molecular complexity index is 588. The van der Waals surface area contributed by atoms with Crippen molar-refractivity contribution < 1.29 is 13.2 Å². The second-order valence-electron chi connectivity index (χ2n) is 4.55. The summed E-state index contributed by atoms with van der Waals surface area (Å²) >= 11 is 4.06. The lowest BCUT2D eigenvalue weighted by atomic mass is 10.2. The Morgan fingerprint density at radius 1 is 1.17 bits per heavy atom. The first kappa shape index (κ1) is 22.0. The fourth-order valence-corrected chi connectivity index (χ4v) is 3.35. The molecule has 0 atom stereocenters. The van der Waals surface area contributed by atoms with Crippen LogP contribution in [0.25, 0.3) is 0 Å². The molecule has 1 rings (SSSR count). The highest BCUT2D eigenvalue weighted by atomic mass is 32.2. The van der Waals surface area contributed by atoms with Gasteiger partial charge in [0.1, 0.15) is 0 Å². The van der Waals surface area contributed by atoms with Crippen LogP contribution in [0.2, 0.25) is 0 Å². The van der Waals surface area contributed by atoms with Crippen LogP contribution in [0.3, 0.4) is 0 Å². The van der Waals surface area contributed by atoms with Crippen LogP contribution in [0.15, 0.2) is 57.9 Å². The summed E-state index contributed by atoms with van der Waals surface area (Å²) < 4.78 is 30.7. The molecule has 0 saturated heterocycles. The first-order chi connectivity index (χ1) is 11.0. The lowest BCUT2D eigenvalue weighted by molar-refractivity contribution is 0.154. The lowest BCUT2D eigenvalue weighted by Gasteiger charge is -2.10. The lowest BCUT2D eigenvalue weighted by Crippen LogP contribution is -2.09. The van der Waals surface area contributed by atoms with Crippen molar-refractivity contribution in [1.29, 1.82) is 0 Å². The van der Waals surface area contributed by atoms with Gasteiger partial charge in [0.2, 0.25) is 9.84 Å². The SMILES string of the molecule is C/C=C(C)\C=C(/CCOCCS)S(=O)(=O)c1ccccc1.CC. The van der Waals surface area contributed by atoms with Crippen molar-refractivity contribution in [3.63, 3.8) is 0 Å². The van der Waals surface area contributed by atoms with Gasteiger partial charge in [0.15, 0.2) is 0 Å². The summed E-state index contributed by atoms with van der Waals surface area (Å²) in [4.78, 5) is 0.692. The Morgan fingerprint density at radius 3 is 2.30 bits per heavy atom. The summed E-state index contributed by atoms with van der Waals surface area (Å²) in [6.45, 7) is 8.66. The number of rotatable bonds is 8. The number of hydrogen-bond acceptors (Lipinski definition) is 4. The maximum Gasteiger partial charge on any atom is 0.202 e. The van der Waals surface area contributed by atoms with Gasteiger partial charge >= 0.3 is 0 Å². The molecule has 23 heavy (non-hydrogen) atoms. The normalized spacial score (nSPS) is 12.6. The van der Waals surface area contributed by atoms with Gasteiger partial charge in [-0.05, 0) is 32.1 Å². The number of sulfone groups is 1. The Kier molecular flexibility index (Phi) is 11.8. The van der Waals surface area contributed by atoms with Crippen LogP contribution in [0.1, 0.15) is 34.1 Å². The molecule has 0 aliphatic carbocycles. The smallest absolute Gasteiger partial charge is 0.202 e. The van der Waals surface area contributed by atoms with E-state index in [2.05, 4.69) is 12.6 Å². The highest BCUT2D eigenvalue weighted by molar-refractivity contribution is 7.95. The molecule has 0 amide bonds. The molecule has 0 unspecified atom stereocenters. The second kappa shape index (κ2) is 12.4. The zero-order valence-electron chi connectivity index (χ0n) is 14.5. The van der Waals surface area contributed by atoms with Gasteiger partial charge in [0.25, 0.3) is 0 Å². The van der Waals surface area contributed by atoms with Crippen molar-refractivity contribution in [2.45, 2.75) is 39.0 Å². The first-order valence-corrected chi connectivity index (χ1v) is 9.96.